The minimum atomic E-state index is -3.63. The number of anilines is 2. The van der Waals surface area contributed by atoms with E-state index in [9.17, 15) is 13.2 Å². The number of amides is 1. The monoisotopic (exact) mass is 374 g/mol. The molecule has 1 amide bonds. The molecule has 0 aliphatic carbocycles. The molecule has 0 aliphatic heterocycles. The maximum Gasteiger partial charge on any atom is 0.247 e. The fraction of sp³-hybridized carbons (Fsp3) is 0.350. The summed E-state index contributed by atoms with van der Waals surface area (Å²) in [4.78, 5) is 12.7. The minimum absolute atomic E-state index is 0.375. The van der Waals surface area contributed by atoms with Gasteiger partial charge >= 0.3 is 0 Å². The maximum absolute atomic E-state index is 12.7. The quantitative estimate of drug-likeness (QED) is 0.867. The topological polar surface area (TPSA) is 66.5 Å². The zero-order valence-corrected chi connectivity index (χ0v) is 16.9. The molecule has 0 saturated carbocycles. The van der Waals surface area contributed by atoms with Crippen LogP contribution in [0, 0.1) is 27.7 Å². The molecule has 0 heterocycles. The minimum Gasteiger partial charge on any atom is -0.324 e. The van der Waals surface area contributed by atoms with Crippen LogP contribution in [-0.4, -0.2) is 26.6 Å². The first kappa shape index (κ1) is 20.0. The van der Waals surface area contributed by atoms with E-state index >= 15 is 0 Å². The van der Waals surface area contributed by atoms with Crippen molar-refractivity contribution in [2.75, 3.05) is 15.9 Å². The van der Waals surface area contributed by atoms with Gasteiger partial charge in [0.2, 0.25) is 15.9 Å². The summed E-state index contributed by atoms with van der Waals surface area (Å²) in [5, 5.41) is 2.83. The van der Waals surface area contributed by atoms with Gasteiger partial charge in [0.1, 0.15) is 6.04 Å². The lowest BCUT2D eigenvalue weighted by molar-refractivity contribution is -0.116. The summed E-state index contributed by atoms with van der Waals surface area (Å²) in [6.07, 6.45) is 1.12. The van der Waals surface area contributed by atoms with Gasteiger partial charge in [-0.25, -0.2) is 8.42 Å². The van der Waals surface area contributed by atoms with E-state index in [2.05, 4.69) is 5.32 Å². The van der Waals surface area contributed by atoms with Crippen molar-refractivity contribution < 1.29 is 13.2 Å². The summed E-state index contributed by atoms with van der Waals surface area (Å²) in [5.41, 5.74) is 5.09. The van der Waals surface area contributed by atoms with E-state index < -0.39 is 16.1 Å². The van der Waals surface area contributed by atoms with Crippen LogP contribution in [0.15, 0.2) is 36.4 Å². The van der Waals surface area contributed by atoms with Gasteiger partial charge in [-0.1, -0.05) is 12.1 Å². The highest BCUT2D eigenvalue weighted by atomic mass is 32.2. The Morgan fingerprint density at radius 3 is 1.73 bits per heavy atom. The normalized spacial score (nSPS) is 12.5. The molecule has 2 aromatic carbocycles. The molecule has 6 heteroatoms. The second kappa shape index (κ2) is 7.50. The third kappa shape index (κ3) is 4.85. The SMILES string of the molecule is Cc1cc(C)cc(NC(=O)C(C)N(c2cc(C)cc(C)c2)S(C)(=O)=O)c1. The molecule has 1 unspecified atom stereocenters. The standard InChI is InChI=1S/C20H26N2O3S/c1-13-7-14(2)10-18(9-13)21-20(23)17(5)22(26(6,24)25)19-11-15(3)8-16(4)12-19/h7-12,17H,1-6H3,(H,21,23). The number of hydrogen-bond acceptors (Lipinski definition) is 3. The molecule has 0 radical (unpaired) electrons. The van der Waals surface area contributed by atoms with Gasteiger partial charge in [0, 0.05) is 5.69 Å². The average molecular weight is 375 g/mol. The van der Waals surface area contributed by atoms with E-state index in [1.807, 2.05) is 52.0 Å². The summed E-state index contributed by atoms with van der Waals surface area (Å²) in [5.74, 6) is -0.375. The fourth-order valence-electron chi connectivity index (χ4n) is 3.18. The van der Waals surface area contributed by atoms with Crippen molar-refractivity contribution in [3.05, 3.63) is 58.7 Å². The number of benzene rings is 2. The first-order chi connectivity index (χ1) is 12.0. The average Bonchev–Trinajstić information content (AvgIpc) is 2.43. The van der Waals surface area contributed by atoms with Crippen LogP contribution < -0.4 is 9.62 Å². The number of nitrogens with one attached hydrogen (secondary N) is 1. The van der Waals surface area contributed by atoms with Gasteiger partial charge in [-0.05, 0) is 81.1 Å². The number of sulfonamides is 1. The van der Waals surface area contributed by atoms with Crippen LogP contribution in [0.3, 0.4) is 0 Å². The molecule has 0 spiro atoms. The maximum atomic E-state index is 12.7. The Kier molecular flexibility index (Phi) is 5.76. The molecule has 1 N–H and O–H groups in total. The van der Waals surface area contributed by atoms with Crippen LogP contribution in [0.4, 0.5) is 11.4 Å². The largest absolute Gasteiger partial charge is 0.324 e. The van der Waals surface area contributed by atoms with Crippen LogP contribution in [0.5, 0.6) is 0 Å². The smallest absolute Gasteiger partial charge is 0.247 e. The van der Waals surface area contributed by atoms with Crippen molar-refractivity contribution >= 4 is 27.3 Å². The first-order valence-electron chi connectivity index (χ1n) is 8.44. The van der Waals surface area contributed by atoms with Gasteiger partial charge in [0.05, 0.1) is 11.9 Å². The molecule has 2 aromatic rings. The molecule has 0 aliphatic rings. The lowest BCUT2D eigenvalue weighted by Gasteiger charge is -2.29. The Balaban J connectivity index is 2.37. The number of aryl methyl sites for hydroxylation is 4. The molecule has 1 atom stereocenters. The Hall–Kier alpha value is -2.34. The molecule has 5 nitrogen and oxygen atoms in total. The molecule has 0 aromatic heterocycles. The molecule has 2 rings (SSSR count). The molecular weight excluding hydrogens is 348 g/mol. The van der Waals surface area contributed by atoms with Crippen LogP contribution in [-0.2, 0) is 14.8 Å². The fourth-order valence-corrected chi connectivity index (χ4v) is 4.34. The zero-order chi connectivity index (χ0) is 19.6. The van der Waals surface area contributed by atoms with Crippen molar-refractivity contribution in [3.63, 3.8) is 0 Å². The van der Waals surface area contributed by atoms with E-state index in [1.165, 1.54) is 4.31 Å². The van der Waals surface area contributed by atoms with Crippen molar-refractivity contribution in [1.29, 1.82) is 0 Å². The van der Waals surface area contributed by atoms with Crippen LogP contribution in [0.2, 0.25) is 0 Å². The predicted octanol–water partition coefficient (Wildman–Crippen LogP) is 3.71. The van der Waals surface area contributed by atoms with Gasteiger partial charge in [-0.3, -0.25) is 9.10 Å². The Morgan fingerprint density at radius 1 is 0.885 bits per heavy atom. The van der Waals surface area contributed by atoms with Crippen LogP contribution in [0.1, 0.15) is 29.2 Å². The van der Waals surface area contributed by atoms with Crippen molar-refractivity contribution in [1.82, 2.24) is 0 Å². The van der Waals surface area contributed by atoms with E-state index in [0.717, 1.165) is 28.5 Å². The number of carbonyl (C=O) groups excluding carboxylic acids is 1. The molecular formula is C20H26N2O3S. The highest BCUT2D eigenvalue weighted by Gasteiger charge is 2.29. The van der Waals surface area contributed by atoms with E-state index in [-0.39, 0.29) is 5.91 Å². The van der Waals surface area contributed by atoms with Gasteiger partial charge in [-0.15, -0.1) is 0 Å². The zero-order valence-electron chi connectivity index (χ0n) is 16.1. The number of hydrogen-bond donors (Lipinski definition) is 1. The van der Waals surface area contributed by atoms with E-state index in [1.54, 1.807) is 19.1 Å². The Bertz CT molecular complexity index is 896. The first-order valence-corrected chi connectivity index (χ1v) is 10.3. The third-order valence-electron chi connectivity index (χ3n) is 4.04. The number of nitrogens with zero attached hydrogens (tertiary/aromatic N) is 1. The second-order valence-electron chi connectivity index (χ2n) is 6.95. The lowest BCUT2D eigenvalue weighted by atomic mass is 10.1. The summed E-state index contributed by atoms with van der Waals surface area (Å²) in [6, 6.07) is 10.4. The van der Waals surface area contributed by atoms with E-state index in [0.29, 0.717) is 11.4 Å². The van der Waals surface area contributed by atoms with E-state index in [4.69, 9.17) is 0 Å². The summed E-state index contributed by atoms with van der Waals surface area (Å²) in [7, 11) is -3.63. The highest BCUT2D eigenvalue weighted by Crippen LogP contribution is 2.24. The Morgan fingerprint density at radius 2 is 1.31 bits per heavy atom. The van der Waals surface area contributed by atoms with Gasteiger partial charge in [-0.2, -0.15) is 0 Å². The van der Waals surface area contributed by atoms with Crippen molar-refractivity contribution in [2.45, 2.75) is 40.7 Å². The highest BCUT2D eigenvalue weighted by molar-refractivity contribution is 7.92. The van der Waals surface area contributed by atoms with Gasteiger partial charge in [0.25, 0.3) is 0 Å². The predicted molar refractivity (Wildman–Crippen MR) is 107 cm³/mol. The molecule has 26 heavy (non-hydrogen) atoms. The molecule has 0 bridgehead atoms. The van der Waals surface area contributed by atoms with Crippen molar-refractivity contribution in [3.8, 4) is 0 Å². The van der Waals surface area contributed by atoms with Gasteiger partial charge < -0.3 is 5.32 Å². The summed E-state index contributed by atoms with van der Waals surface area (Å²) in [6.45, 7) is 9.29. The Labute approximate surface area is 156 Å². The number of rotatable bonds is 5. The van der Waals surface area contributed by atoms with Gasteiger partial charge in [0.15, 0.2) is 0 Å². The third-order valence-corrected chi connectivity index (χ3v) is 5.28. The van der Waals surface area contributed by atoms with Crippen LogP contribution in [0.25, 0.3) is 0 Å². The number of carbonyl (C=O) groups is 1. The summed E-state index contributed by atoms with van der Waals surface area (Å²) >= 11 is 0. The lowest BCUT2D eigenvalue weighted by Crippen LogP contribution is -2.45. The van der Waals surface area contributed by atoms with Crippen LogP contribution >= 0.6 is 0 Å². The summed E-state index contributed by atoms with van der Waals surface area (Å²) < 4.78 is 26.0. The molecule has 0 saturated heterocycles. The molecule has 0 fully saturated rings. The molecule has 140 valence electrons. The van der Waals surface area contributed by atoms with Crippen molar-refractivity contribution in [2.24, 2.45) is 0 Å². The second-order valence-corrected chi connectivity index (χ2v) is 8.81.